The first-order valence-corrected chi connectivity index (χ1v) is 6.45. The van der Waals surface area contributed by atoms with E-state index in [0.29, 0.717) is 31.1 Å². The fourth-order valence-corrected chi connectivity index (χ4v) is 1.85. The molecule has 0 atom stereocenters. The van der Waals surface area contributed by atoms with Gasteiger partial charge in [0, 0.05) is 23.1 Å². The average Bonchev–Trinajstić information content (AvgIpc) is 2.80. The van der Waals surface area contributed by atoms with E-state index in [-0.39, 0.29) is 5.91 Å². The lowest BCUT2D eigenvalue weighted by atomic mass is 10.2. The molecule has 5 heteroatoms. The number of amides is 1. The van der Waals surface area contributed by atoms with Crippen molar-refractivity contribution in [1.82, 2.24) is 10.3 Å². The Morgan fingerprint density at radius 2 is 2.25 bits per heavy atom. The Labute approximate surface area is 117 Å². The van der Waals surface area contributed by atoms with Crippen molar-refractivity contribution in [3.8, 4) is 0 Å². The van der Waals surface area contributed by atoms with Crippen molar-refractivity contribution in [3.05, 3.63) is 42.1 Å². The lowest BCUT2D eigenvalue weighted by Gasteiger charge is -2.05. The van der Waals surface area contributed by atoms with Crippen LogP contribution in [0.15, 0.2) is 36.4 Å². The number of benzene rings is 1. The second-order valence-electron chi connectivity index (χ2n) is 4.80. The van der Waals surface area contributed by atoms with Gasteiger partial charge in [0.1, 0.15) is 5.69 Å². The van der Waals surface area contributed by atoms with Gasteiger partial charge in [0.2, 0.25) is 0 Å². The normalized spacial score (nSPS) is 10.7. The zero-order valence-electron chi connectivity index (χ0n) is 11.5. The SMILES string of the molecule is C=C(C)COCCNC(=O)c1cc2cc(N)ccc2[nH]1. The van der Waals surface area contributed by atoms with Crippen LogP contribution in [0.5, 0.6) is 0 Å². The summed E-state index contributed by atoms with van der Waals surface area (Å²) in [6.07, 6.45) is 0. The van der Waals surface area contributed by atoms with Gasteiger partial charge in [-0.2, -0.15) is 0 Å². The van der Waals surface area contributed by atoms with E-state index in [0.717, 1.165) is 16.5 Å². The number of hydrogen-bond acceptors (Lipinski definition) is 3. The summed E-state index contributed by atoms with van der Waals surface area (Å²) in [6, 6.07) is 7.28. The highest BCUT2D eigenvalue weighted by molar-refractivity contribution is 5.98. The second kappa shape index (κ2) is 6.25. The molecule has 20 heavy (non-hydrogen) atoms. The van der Waals surface area contributed by atoms with Crippen molar-refractivity contribution in [2.75, 3.05) is 25.5 Å². The van der Waals surface area contributed by atoms with E-state index in [4.69, 9.17) is 10.5 Å². The molecule has 0 bridgehead atoms. The summed E-state index contributed by atoms with van der Waals surface area (Å²) < 4.78 is 5.32. The van der Waals surface area contributed by atoms with E-state index < -0.39 is 0 Å². The third-order valence-corrected chi connectivity index (χ3v) is 2.77. The summed E-state index contributed by atoms with van der Waals surface area (Å²) in [5.74, 6) is -0.154. The molecular formula is C15H19N3O2. The second-order valence-corrected chi connectivity index (χ2v) is 4.80. The van der Waals surface area contributed by atoms with Crippen molar-refractivity contribution < 1.29 is 9.53 Å². The highest BCUT2D eigenvalue weighted by Gasteiger charge is 2.08. The minimum absolute atomic E-state index is 0.154. The quantitative estimate of drug-likeness (QED) is 0.428. The number of nitrogens with two attached hydrogens (primary N) is 1. The number of H-pyrrole nitrogens is 1. The van der Waals surface area contributed by atoms with Crippen LogP contribution in [0.3, 0.4) is 0 Å². The highest BCUT2D eigenvalue weighted by Crippen LogP contribution is 2.18. The van der Waals surface area contributed by atoms with Crippen LogP contribution in [-0.2, 0) is 4.74 Å². The molecule has 5 nitrogen and oxygen atoms in total. The topological polar surface area (TPSA) is 80.1 Å². The molecule has 1 aromatic carbocycles. The summed E-state index contributed by atoms with van der Waals surface area (Å²) in [7, 11) is 0. The van der Waals surface area contributed by atoms with E-state index in [2.05, 4.69) is 16.9 Å². The summed E-state index contributed by atoms with van der Waals surface area (Å²) in [5, 5.41) is 3.72. The number of aromatic amines is 1. The molecule has 1 amide bonds. The van der Waals surface area contributed by atoms with Gasteiger partial charge >= 0.3 is 0 Å². The third kappa shape index (κ3) is 3.61. The molecule has 4 N–H and O–H groups in total. The summed E-state index contributed by atoms with van der Waals surface area (Å²) in [4.78, 5) is 15.0. The summed E-state index contributed by atoms with van der Waals surface area (Å²) in [6.45, 7) is 7.08. The van der Waals surface area contributed by atoms with E-state index in [1.54, 1.807) is 12.1 Å². The van der Waals surface area contributed by atoms with E-state index >= 15 is 0 Å². The number of carbonyl (C=O) groups is 1. The zero-order valence-corrected chi connectivity index (χ0v) is 11.5. The Morgan fingerprint density at radius 1 is 1.45 bits per heavy atom. The molecule has 0 saturated heterocycles. The number of hydrogen-bond donors (Lipinski definition) is 3. The Balaban J connectivity index is 1.89. The van der Waals surface area contributed by atoms with Gasteiger partial charge in [-0.05, 0) is 31.2 Å². The van der Waals surface area contributed by atoms with Crippen LogP contribution in [0.2, 0.25) is 0 Å². The highest BCUT2D eigenvalue weighted by atomic mass is 16.5. The third-order valence-electron chi connectivity index (χ3n) is 2.77. The van der Waals surface area contributed by atoms with E-state index in [1.165, 1.54) is 0 Å². The van der Waals surface area contributed by atoms with Crippen molar-refractivity contribution >= 4 is 22.5 Å². The minimum atomic E-state index is -0.154. The van der Waals surface area contributed by atoms with Gasteiger partial charge in [0.25, 0.3) is 5.91 Å². The Kier molecular flexibility index (Phi) is 4.42. The van der Waals surface area contributed by atoms with Crippen molar-refractivity contribution in [2.45, 2.75) is 6.92 Å². The molecule has 0 fully saturated rings. The molecule has 0 unspecified atom stereocenters. The minimum Gasteiger partial charge on any atom is -0.399 e. The monoisotopic (exact) mass is 273 g/mol. The number of ether oxygens (including phenoxy) is 1. The van der Waals surface area contributed by atoms with Crippen LogP contribution in [0.25, 0.3) is 10.9 Å². The first-order chi connectivity index (χ1) is 9.56. The molecule has 1 heterocycles. The number of rotatable bonds is 6. The first kappa shape index (κ1) is 14.1. The molecule has 2 rings (SSSR count). The average molecular weight is 273 g/mol. The number of nitrogens with one attached hydrogen (secondary N) is 2. The fraction of sp³-hybridized carbons (Fsp3) is 0.267. The fourth-order valence-electron chi connectivity index (χ4n) is 1.85. The summed E-state index contributed by atoms with van der Waals surface area (Å²) in [5.41, 5.74) is 8.76. The molecule has 1 aromatic heterocycles. The van der Waals surface area contributed by atoms with Crippen molar-refractivity contribution in [1.29, 1.82) is 0 Å². The molecule has 0 saturated carbocycles. The van der Waals surface area contributed by atoms with Crippen LogP contribution in [-0.4, -0.2) is 30.6 Å². The van der Waals surface area contributed by atoms with E-state index in [1.807, 2.05) is 19.1 Å². The predicted molar refractivity (Wildman–Crippen MR) is 80.7 cm³/mol. The standard InChI is InChI=1S/C15H19N3O2/c1-10(2)9-20-6-5-17-15(19)14-8-11-7-12(16)3-4-13(11)18-14/h3-4,7-8,18H,1,5-6,9,16H2,2H3,(H,17,19). The molecular weight excluding hydrogens is 254 g/mol. The lowest BCUT2D eigenvalue weighted by Crippen LogP contribution is -2.27. The largest absolute Gasteiger partial charge is 0.399 e. The number of anilines is 1. The molecule has 106 valence electrons. The number of aromatic nitrogens is 1. The molecule has 0 aliphatic rings. The smallest absolute Gasteiger partial charge is 0.267 e. The van der Waals surface area contributed by atoms with Gasteiger partial charge in [-0.25, -0.2) is 0 Å². The predicted octanol–water partition coefficient (Wildman–Crippen LogP) is 2.07. The lowest BCUT2D eigenvalue weighted by molar-refractivity contribution is 0.0922. The molecule has 2 aromatic rings. The van der Waals surface area contributed by atoms with Crippen molar-refractivity contribution in [3.63, 3.8) is 0 Å². The van der Waals surface area contributed by atoms with Gasteiger partial charge in [0.15, 0.2) is 0 Å². The first-order valence-electron chi connectivity index (χ1n) is 6.45. The van der Waals surface area contributed by atoms with Crippen LogP contribution in [0.1, 0.15) is 17.4 Å². The van der Waals surface area contributed by atoms with Gasteiger partial charge < -0.3 is 20.8 Å². The number of fused-ring (bicyclic) bond motifs is 1. The Bertz CT molecular complexity index is 631. The molecule has 0 aliphatic heterocycles. The number of carbonyl (C=O) groups excluding carboxylic acids is 1. The Morgan fingerprint density at radius 3 is 3.00 bits per heavy atom. The van der Waals surface area contributed by atoms with Gasteiger partial charge in [-0.15, -0.1) is 0 Å². The summed E-state index contributed by atoms with van der Waals surface area (Å²) >= 11 is 0. The van der Waals surface area contributed by atoms with Gasteiger partial charge in [-0.3, -0.25) is 4.79 Å². The van der Waals surface area contributed by atoms with Crippen LogP contribution in [0.4, 0.5) is 5.69 Å². The van der Waals surface area contributed by atoms with Crippen LogP contribution < -0.4 is 11.1 Å². The number of nitrogen functional groups attached to an aromatic ring is 1. The van der Waals surface area contributed by atoms with Gasteiger partial charge in [-0.1, -0.05) is 12.2 Å². The molecule has 0 radical (unpaired) electrons. The van der Waals surface area contributed by atoms with E-state index in [9.17, 15) is 4.79 Å². The molecule has 0 spiro atoms. The zero-order chi connectivity index (χ0) is 14.5. The molecule has 0 aliphatic carbocycles. The maximum atomic E-state index is 11.9. The maximum Gasteiger partial charge on any atom is 0.267 e. The van der Waals surface area contributed by atoms with Gasteiger partial charge in [0.05, 0.1) is 13.2 Å². The Hall–Kier alpha value is -2.27. The van der Waals surface area contributed by atoms with Crippen molar-refractivity contribution in [2.24, 2.45) is 0 Å². The van der Waals surface area contributed by atoms with Crippen LogP contribution in [0, 0.1) is 0 Å². The maximum absolute atomic E-state index is 11.9. The van der Waals surface area contributed by atoms with Crippen LogP contribution >= 0.6 is 0 Å².